The highest BCUT2D eigenvalue weighted by Gasteiger charge is 2.56. The van der Waals surface area contributed by atoms with E-state index >= 15 is 0 Å². The Kier molecular flexibility index (Phi) is 15.9. The molecule has 1 aliphatic heterocycles. The van der Waals surface area contributed by atoms with Gasteiger partial charge in [0.25, 0.3) is 0 Å². The molecule has 216 valence electrons. The second-order valence-electron chi connectivity index (χ2n) is 14.1. The molecule has 4 nitrogen and oxygen atoms in total. The van der Waals surface area contributed by atoms with Gasteiger partial charge in [0.2, 0.25) is 0 Å². The number of rotatable bonds is 16. The van der Waals surface area contributed by atoms with Crippen LogP contribution in [-0.2, 0) is 16.5 Å². The molecule has 0 aromatic heterocycles. The van der Waals surface area contributed by atoms with Crippen molar-refractivity contribution in [1.29, 1.82) is 0 Å². The largest absolute Gasteiger partial charge is 0.416 e. The van der Waals surface area contributed by atoms with Gasteiger partial charge in [0.05, 0.1) is 0 Å². The maximum atomic E-state index is 7.35. The molecule has 12 heteroatoms. The van der Waals surface area contributed by atoms with Gasteiger partial charge in [-0.25, -0.2) is 0 Å². The molecule has 0 aromatic rings. The van der Waals surface area contributed by atoms with Crippen molar-refractivity contribution < 1.29 is 16.5 Å². The average Bonchev–Trinajstić information content (AvgIpc) is 2.64. The van der Waals surface area contributed by atoms with Gasteiger partial charge in [0.15, 0.2) is 0 Å². The van der Waals surface area contributed by atoms with Crippen molar-refractivity contribution in [2.24, 2.45) is 0 Å². The summed E-state index contributed by atoms with van der Waals surface area (Å²) in [5.41, 5.74) is 0. The summed E-state index contributed by atoms with van der Waals surface area (Å²) in [5.74, 6) is 0. The first-order chi connectivity index (χ1) is 16.5. The third-order valence-electron chi connectivity index (χ3n) is 7.38. The van der Waals surface area contributed by atoms with Gasteiger partial charge in [0.1, 0.15) is 0 Å². The van der Waals surface area contributed by atoms with E-state index in [0.717, 1.165) is 24.2 Å². The lowest BCUT2D eigenvalue weighted by atomic mass is 10.6. The fraction of sp³-hybridized carbons (Fsp3) is 1.00. The van der Waals surface area contributed by atoms with E-state index < -0.39 is 69.4 Å². The lowest BCUT2D eigenvalue weighted by Gasteiger charge is -2.50. The van der Waals surface area contributed by atoms with Crippen molar-refractivity contribution in [3.63, 3.8) is 0 Å². The second-order valence-corrected chi connectivity index (χ2v) is 41.9. The number of hydrogen-bond acceptors (Lipinski definition) is 4. The molecular weight excluding hydrogens is 577 g/mol. The van der Waals surface area contributed by atoms with Crippen molar-refractivity contribution in [2.75, 3.05) is 0 Å². The van der Waals surface area contributed by atoms with Gasteiger partial charge in [-0.05, 0) is 50.4 Å². The first kappa shape index (κ1) is 35.6. The van der Waals surface area contributed by atoms with E-state index in [2.05, 4.69) is 78.6 Å². The summed E-state index contributed by atoms with van der Waals surface area (Å²) in [4.78, 5) is 0. The van der Waals surface area contributed by atoms with E-state index in [0.29, 0.717) is 0 Å². The zero-order valence-electron chi connectivity index (χ0n) is 26.4. The SMILES string of the molecule is C[SiH](C)CCC[Si]1(C)O[Si](C)(CCC[SiH](C)C)O[Si](C)(CCC[SiH](C)C)O[Si](C)(CCC[SiH](C)C)O1. The van der Waals surface area contributed by atoms with E-state index in [1.54, 1.807) is 0 Å². The van der Waals surface area contributed by atoms with Crippen molar-refractivity contribution in [2.45, 2.75) is 153 Å². The van der Waals surface area contributed by atoms with E-state index in [1.165, 1.54) is 49.9 Å². The highest BCUT2D eigenvalue weighted by molar-refractivity contribution is 6.94. The molecule has 1 fully saturated rings. The van der Waals surface area contributed by atoms with Gasteiger partial charge >= 0.3 is 34.2 Å². The summed E-state index contributed by atoms with van der Waals surface area (Å²) in [7, 11) is -11.8. The molecule has 0 saturated carbocycles. The zero-order chi connectivity index (χ0) is 27.6. The van der Waals surface area contributed by atoms with E-state index in [9.17, 15) is 0 Å². The van der Waals surface area contributed by atoms with Crippen LogP contribution < -0.4 is 0 Å². The molecule has 36 heavy (non-hydrogen) atoms. The minimum absolute atomic E-state index is 0.572. The Balaban J connectivity index is 3.28. The Hall–Kier alpha value is 1.58. The lowest BCUT2D eigenvalue weighted by Crippen LogP contribution is -2.67. The maximum Gasteiger partial charge on any atom is 0.317 e. The fourth-order valence-corrected chi connectivity index (χ4v) is 34.8. The first-order valence-corrected chi connectivity index (χ1v) is 37.9. The summed E-state index contributed by atoms with van der Waals surface area (Å²) in [5, 5.41) is 0. The highest BCUT2D eigenvalue weighted by atomic mass is 28.5. The van der Waals surface area contributed by atoms with E-state index in [1.807, 2.05) is 0 Å². The van der Waals surface area contributed by atoms with Crippen molar-refractivity contribution in [1.82, 2.24) is 0 Å². The monoisotopic (exact) mass is 640 g/mol. The molecule has 0 radical (unpaired) electrons. The summed E-state index contributed by atoms with van der Waals surface area (Å²) in [6, 6.07) is 10.0. The topological polar surface area (TPSA) is 36.9 Å². The molecule has 0 aliphatic carbocycles. The van der Waals surface area contributed by atoms with Gasteiger partial charge < -0.3 is 16.5 Å². The Labute approximate surface area is 237 Å². The summed E-state index contributed by atoms with van der Waals surface area (Å²) in [6.45, 7) is 29.3. The normalized spacial score (nSPS) is 32.0. The smallest absolute Gasteiger partial charge is 0.317 e. The van der Waals surface area contributed by atoms with Gasteiger partial charge in [-0.15, -0.1) is 0 Å². The predicted octanol–water partition coefficient (Wildman–Crippen LogP) is 7.86. The van der Waals surface area contributed by atoms with Crippen LogP contribution in [0.3, 0.4) is 0 Å². The molecule has 0 aromatic carbocycles. The standard InChI is InChI=1S/C24H64O4Si8/c1-29(2)17-13-21-33(9)25-34(10,22-14-18-30(3)4)27-36(12,24-16-20-32(7)8)28-35(11,26-33)23-15-19-31(5)6/h29-32H,13-24H2,1-12H3. The van der Waals surface area contributed by atoms with Crippen LogP contribution in [0.25, 0.3) is 0 Å². The Morgan fingerprint density at radius 1 is 0.361 bits per heavy atom. The Bertz CT molecular complexity index is 509. The fourth-order valence-electron chi connectivity index (χ4n) is 5.64. The molecule has 0 atom stereocenters. The molecule has 0 N–H and O–H groups in total. The summed E-state index contributed by atoms with van der Waals surface area (Å²) in [6.07, 6.45) is 5.03. The average molecular weight is 641 g/mol. The first-order valence-electron chi connectivity index (χ1n) is 15.3. The van der Waals surface area contributed by atoms with Gasteiger partial charge in [0, 0.05) is 35.2 Å². The molecule has 0 amide bonds. The molecule has 1 rings (SSSR count). The maximum absolute atomic E-state index is 7.35. The highest BCUT2D eigenvalue weighted by Crippen LogP contribution is 2.39. The molecule has 0 unspecified atom stereocenters. The van der Waals surface area contributed by atoms with E-state index in [4.69, 9.17) is 16.5 Å². The van der Waals surface area contributed by atoms with Crippen molar-refractivity contribution in [3.05, 3.63) is 0 Å². The molecule has 0 spiro atoms. The predicted molar refractivity (Wildman–Crippen MR) is 183 cm³/mol. The van der Waals surface area contributed by atoms with Crippen LogP contribution in [0, 0.1) is 0 Å². The number of hydrogen-bond donors (Lipinski definition) is 0. The minimum Gasteiger partial charge on any atom is -0.416 e. The molecule has 1 heterocycles. The second kappa shape index (κ2) is 16.1. The van der Waals surface area contributed by atoms with Crippen LogP contribution in [0.2, 0.25) is 127 Å². The van der Waals surface area contributed by atoms with Crippen molar-refractivity contribution in [3.8, 4) is 0 Å². The Morgan fingerprint density at radius 3 is 0.667 bits per heavy atom. The van der Waals surface area contributed by atoms with Gasteiger partial charge in [-0.2, -0.15) is 0 Å². The third-order valence-corrected chi connectivity index (χ3v) is 32.5. The van der Waals surface area contributed by atoms with E-state index in [-0.39, 0.29) is 0 Å². The van der Waals surface area contributed by atoms with Gasteiger partial charge in [-0.1, -0.05) is 102 Å². The van der Waals surface area contributed by atoms with Crippen LogP contribution in [0.4, 0.5) is 0 Å². The molecule has 0 bridgehead atoms. The minimum atomic E-state index is -2.38. The van der Waals surface area contributed by atoms with Crippen molar-refractivity contribution >= 4 is 69.4 Å². The molecule has 1 aliphatic rings. The Morgan fingerprint density at radius 2 is 0.528 bits per heavy atom. The summed E-state index contributed by atoms with van der Waals surface area (Å²) >= 11 is 0. The van der Waals surface area contributed by atoms with Crippen LogP contribution in [0.1, 0.15) is 25.7 Å². The lowest BCUT2D eigenvalue weighted by molar-refractivity contribution is 0.221. The summed E-state index contributed by atoms with van der Waals surface area (Å²) < 4.78 is 29.4. The quantitative estimate of drug-likeness (QED) is 0.161. The van der Waals surface area contributed by atoms with Crippen LogP contribution in [0.15, 0.2) is 0 Å². The molecular formula is C24H64O4Si8. The molecule has 1 saturated heterocycles. The van der Waals surface area contributed by atoms with Gasteiger partial charge in [-0.3, -0.25) is 0 Å². The van der Waals surface area contributed by atoms with Crippen LogP contribution in [-0.4, -0.2) is 69.4 Å². The zero-order valence-corrected chi connectivity index (χ0v) is 35.0. The van der Waals surface area contributed by atoms with Crippen LogP contribution >= 0.6 is 0 Å². The third kappa shape index (κ3) is 14.8. The van der Waals surface area contributed by atoms with Crippen LogP contribution in [0.5, 0.6) is 0 Å².